The number of sulfonamides is 1. The minimum atomic E-state index is -3.59. The van der Waals surface area contributed by atoms with Crippen LogP contribution in [0.5, 0.6) is 5.75 Å². The Bertz CT molecular complexity index is 582. The molecule has 1 atom stereocenters. The van der Waals surface area contributed by atoms with Crippen LogP contribution in [0, 0.1) is 12.8 Å². The van der Waals surface area contributed by atoms with Gasteiger partial charge in [0.05, 0.1) is 7.11 Å². The van der Waals surface area contributed by atoms with Crippen LogP contribution in [0.4, 0.5) is 0 Å². The predicted molar refractivity (Wildman–Crippen MR) is 78.2 cm³/mol. The van der Waals surface area contributed by atoms with Gasteiger partial charge in [0.1, 0.15) is 10.6 Å². The van der Waals surface area contributed by atoms with Crippen molar-refractivity contribution in [1.82, 2.24) is 4.31 Å². The molecule has 1 fully saturated rings. The van der Waals surface area contributed by atoms with Gasteiger partial charge in [0.25, 0.3) is 0 Å². The molecular formula is C14H22N2O3S. The number of methoxy groups -OCH3 is 1. The Morgan fingerprint density at radius 1 is 1.45 bits per heavy atom. The Labute approximate surface area is 120 Å². The van der Waals surface area contributed by atoms with Gasteiger partial charge in [-0.2, -0.15) is 4.31 Å². The van der Waals surface area contributed by atoms with Crippen molar-refractivity contribution in [3.63, 3.8) is 0 Å². The number of hydrogen-bond donors (Lipinski definition) is 1. The average molecular weight is 298 g/mol. The first kappa shape index (κ1) is 15.3. The van der Waals surface area contributed by atoms with Crippen LogP contribution in [-0.4, -0.2) is 39.5 Å². The maximum absolute atomic E-state index is 12.8. The number of rotatable bonds is 6. The zero-order valence-corrected chi connectivity index (χ0v) is 13.0. The zero-order valence-electron chi connectivity index (χ0n) is 12.2. The molecule has 1 unspecified atom stereocenters. The number of nitrogens with zero attached hydrogens (tertiary/aromatic N) is 1. The van der Waals surface area contributed by atoms with E-state index in [9.17, 15) is 8.42 Å². The highest BCUT2D eigenvalue weighted by Crippen LogP contribution is 2.37. The molecule has 1 aromatic rings. The van der Waals surface area contributed by atoms with Crippen LogP contribution in [0.25, 0.3) is 0 Å². The lowest BCUT2D eigenvalue weighted by molar-refractivity contribution is 0.337. The molecular weight excluding hydrogens is 276 g/mol. The molecule has 2 rings (SSSR count). The van der Waals surface area contributed by atoms with Gasteiger partial charge in [-0.05, 0) is 43.4 Å². The van der Waals surface area contributed by atoms with Crippen molar-refractivity contribution in [2.45, 2.75) is 30.7 Å². The van der Waals surface area contributed by atoms with Crippen LogP contribution in [0.3, 0.4) is 0 Å². The van der Waals surface area contributed by atoms with E-state index in [1.807, 2.05) is 13.0 Å². The minimum absolute atomic E-state index is 0.134. The van der Waals surface area contributed by atoms with Crippen LogP contribution in [0.1, 0.15) is 18.4 Å². The minimum Gasteiger partial charge on any atom is -0.495 e. The molecule has 6 heteroatoms. The molecule has 20 heavy (non-hydrogen) atoms. The standard InChI is InChI=1S/C14H22N2O3S/c1-10-4-7-13(19-3)14(8-10)20(17,18)16(2)12(9-15)11-5-6-11/h4,7-8,11-12H,5-6,9,15H2,1-3H3. The molecule has 1 aliphatic carbocycles. The molecule has 5 nitrogen and oxygen atoms in total. The monoisotopic (exact) mass is 298 g/mol. The van der Waals surface area contributed by atoms with Crippen molar-refractivity contribution in [2.75, 3.05) is 20.7 Å². The maximum atomic E-state index is 12.8. The summed E-state index contributed by atoms with van der Waals surface area (Å²) in [6.07, 6.45) is 2.10. The van der Waals surface area contributed by atoms with Gasteiger partial charge in [0.2, 0.25) is 10.0 Å². The molecule has 0 bridgehead atoms. The average Bonchev–Trinajstić information content (AvgIpc) is 3.24. The highest BCUT2D eigenvalue weighted by atomic mass is 32.2. The summed E-state index contributed by atoms with van der Waals surface area (Å²) in [4.78, 5) is 0.210. The summed E-state index contributed by atoms with van der Waals surface area (Å²) in [6.45, 7) is 2.20. The van der Waals surface area contributed by atoms with E-state index in [1.54, 1.807) is 19.2 Å². The third-order valence-corrected chi connectivity index (χ3v) is 5.75. The van der Waals surface area contributed by atoms with Gasteiger partial charge in [0.15, 0.2) is 0 Å². The molecule has 0 heterocycles. The third kappa shape index (κ3) is 2.82. The number of benzene rings is 1. The lowest BCUT2D eigenvalue weighted by Crippen LogP contribution is -2.43. The van der Waals surface area contributed by atoms with Gasteiger partial charge in [-0.3, -0.25) is 0 Å². The number of ether oxygens (including phenoxy) is 1. The number of aryl methyl sites for hydroxylation is 1. The van der Waals surface area contributed by atoms with Crippen molar-refractivity contribution in [2.24, 2.45) is 11.7 Å². The number of hydrogen-bond acceptors (Lipinski definition) is 4. The highest BCUT2D eigenvalue weighted by Gasteiger charge is 2.39. The molecule has 0 aromatic heterocycles. The van der Waals surface area contributed by atoms with Gasteiger partial charge in [-0.1, -0.05) is 6.07 Å². The Morgan fingerprint density at radius 3 is 2.60 bits per heavy atom. The zero-order chi connectivity index (χ0) is 14.9. The molecule has 1 aliphatic rings. The topological polar surface area (TPSA) is 72.6 Å². The Kier molecular flexibility index (Phi) is 4.36. The van der Waals surface area contributed by atoms with Crippen LogP contribution in [0.2, 0.25) is 0 Å². The van der Waals surface area contributed by atoms with Crippen molar-refractivity contribution in [1.29, 1.82) is 0 Å². The summed E-state index contributed by atoms with van der Waals surface area (Å²) in [6, 6.07) is 5.03. The molecule has 0 saturated heterocycles. The van der Waals surface area contributed by atoms with Gasteiger partial charge in [-0.15, -0.1) is 0 Å². The normalized spacial score (nSPS) is 17.2. The first-order valence-corrected chi connectivity index (χ1v) is 8.18. The van der Waals surface area contributed by atoms with Crippen LogP contribution in [-0.2, 0) is 10.0 Å². The Morgan fingerprint density at radius 2 is 2.10 bits per heavy atom. The van der Waals surface area contributed by atoms with Crippen molar-refractivity contribution in [3.05, 3.63) is 23.8 Å². The molecule has 0 aliphatic heterocycles. The van der Waals surface area contributed by atoms with E-state index in [0.29, 0.717) is 18.2 Å². The van der Waals surface area contributed by atoms with Crippen molar-refractivity contribution in [3.8, 4) is 5.75 Å². The van der Waals surface area contributed by atoms with E-state index in [4.69, 9.17) is 10.5 Å². The quantitative estimate of drug-likeness (QED) is 0.860. The fourth-order valence-corrected chi connectivity index (χ4v) is 4.10. The van der Waals surface area contributed by atoms with Crippen molar-refractivity contribution >= 4 is 10.0 Å². The van der Waals surface area contributed by atoms with E-state index in [0.717, 1.165) is 18.4 Å². The lowest BCUT2D eigenvalue weighted by atomic mass is 10.2. The van der Waals surface area contributed by atoms with E-state index < -0.39 is 10.0 Å². The fraction of sp³-hybridized carbons (Fsp3) is 0.571. The van der Waals surface area contributed by atoms with E-state index in [2.05, 4.69) is 0 Å². The summed E-state index contributed by atoms with van der Waals surface area (Å²) in [5, 5.41) is 0. The van der Waals surface area contributed by atoms with Crippen LogP contribution < -0.4 is 10.5 Å². The van der Waals surface area contributed by atoms with Gasteiger partial charge >= 0.3 is 0 Å². The van der Waals surface area contributed by atoms with E-state index in [-0.39, 0.29) is 10.9 Å². The van der Waals surface area contributed by atoms with E-state index >= 15 is 0 Å². The van der Waals surface area contributed by atoms with Crippen LogP contribution >= 0.6 is 0 Å². The third-order valence-electron chi connectivity index (χ3n) is 3.85. The largest absolute Gasteiger partial charge is 0.495 e. The maximum Gasteiger partial charge on any atom is 0.246 e. The number of likely N-dealkylation sites (N-methyl/N-ethyl adjacent to an activating group) is 1. The predicted octanol–water partition coefficient (Wildman–Crippen LogP) is 1.36. The lowest BCUT2D eigenvalue weighted by Gasteiger charge is -2.27. The Hall–Kier alpha value is -1.11. The molecule has 0 spiro atoms. The van der Waals surface area contributed by atoms with Gasteiger partial charge in [0, 0.05) is 19.6 Å². The first-order chi connectivity index (χ1) is 9.41. The van der Waals surface area contributed by atoms with Crippen molar-refractivity contribution < 1.29 is 13.2 Å². The summed E-state index contributed by atoms with van der Waals surface area (Å²) >= 11 is 0. The summed E-state index contributed by atoms with van der Waals surface area (Å²) in [5.74, 6) is 0.754. The summed E-state index contributed by atoms with van der Waals surface area (Å²) < 4.78 is 32.2. The summed E-state index contributed by atoms with van der Waals surface area (Å²) in [5.41, 5.74) is 6.64. The summed E-state index contributed by atoms with van der Waals surface area (Å²) in [7, 11) is -0.511. The van der Waals surface area contributed by atoms with Gasteiger partial charge < -0.3 is 10.5 Å². The molecule has 0 amide bonds. The molecule has 0 radical (unpaired) electrons. The van der Waals surface area contributed by atoms with Gasteiger partial charge in [-0.25, -0.2) is 8.42 Å². The molecule has 1 aromatic carbocycles. The SMILES string of the molecule is COc1ccc(C)cc1S(=O)(=O)N(C)C(CN)C1CC1. The molecule has 112 valence electrons. The highest BCUT2D eigenvalue weighted by molar-refractivity contribution is 7.89. The smallest absolute Gasteiger partial charge is 0.246 e. The number of nitrogens with two attached hydrogens (primary N) is 1. The Balaban J connectivity index is 2.41. The second-order valence-corrected chi connectivity index (χ2v) is 7.28. The first-order valence-electron chi connectivity index (χ1n) is 6.74. The fourth-order valence-electron chi connectivity index (χ4n) is 2.44. The molecule has 2 N–H and O–H groups in total. The van der Waals surface area contributed by atoms with Crippen LogP contribution in [0.15, 0.2) is 23.1 Å². The molecule has 1 saturated carbocycles. The second-order valence-electron chi connectivity index (χ2n) is 5.32. The second kappa shape index (κ2) is 5.71. The van der Waals surface area contributed by atoms with E-state index in [1.165, 1.54) is 11.4 Å².